The molecule has 0 fully saturated rings. The van der Waals surface area contributed by atoms with Gasteiger partial charge in [0.25, 0.3) is 0 Å². The van der Waals surface area contributed by atoms with Crippen LogP contribution in [0, 0.1) is 11.8 Å². The fourth-order valence-corrected chi connectivity index (χ4v) is 2.59. The van der Waals surface area contributed by atoms with Crippen molar-refractivity contribution in [3.63, 3.8) is 0 Å². The third-order valence-electron chi connectivity index (χ3n) is 4.53. The molecule has 3 nitrogen and oxygen atoms in total. The van der Waals surface area contributed by atoms with Crippen LogP contribution in [0.4, 0.5) is 0 Å². The Morgan fingerprint density at radius 3 is 2.23 bits per heavy atom. The summed E-state index contributed by atoms with van der Waals surface area (Å²) >= 11 is 0. The Kier molecular flexibility index (Phi) is 5.28. The largest absolute Gasteiger partial charge is 0.264 e. The molecule has 0 aromatic carbocycles. The summed E-state index contributed by atoms with van der Waals surface area (Å²) < 4.78 is 0. The first-order valence-electron chi connectivity index (χ1n) is 8.10. The van der Waals surface area contributed by atoms with Crippen molar-refractivity contribution >= 4 is 0 Å². The van der Waals surface area contributed by atoms with E-state index in [2.05, 4.69) is 55.6 Å². The Balaban J connectivity index is 2.06. The van der Waals surface area contributed by atoms with Crippen molar-refractivity contribution < 1.29 is 0 Å². The van der Waals surface area contributed by atoms with Crippen molar-refractivity contribution in [2.45, 2.75) is 52.9 Å². The Morgan fingerprint density at radius 2 is 1.68 bits per heavy atom. The van der Waals surface area contributed by atoms with E-state index >= 15 is 0 Å². The summed E-state index contributed by atoms with van der Waals surface area (Å²) in [5.41, 5.74) is 2.56. The van der Waals surface area contributed by atoms with E-state index < -0.39 is 0 Å². The second-order valence-electron chi connectivity index (χ2n) is 7.17. The van der Waals surface area contributed by atoms with Gasteiger partial charge < -0.3 is 0 Å². The van der Waals surface area contributed by atoms with Crippen LogP contribution in [-0.4, -0.2) is 15.0 Å². The van der Waals surface area contributed by atoms with Crippen molar-refractivity contribution in [2.75, 3.05) is 0 Å². The van der Waals surface area contributed by atoms with Crippen LogP contribution in [0.5, 0.6) is 0 Å². The lowest BCUT2D eigenvalue weighted by Crippen LogP contribution is -2.28. The second-order valence-corrected chi connectivity index (χ2v) is 7.17. The van der Waals surface area contributed by atoms with E-state index in [0.717, 1.165) is 18.7 Å². The SMILES string of the molecule is CC(C)Cc1ncc(CC(C)C(C)(C)c2cccnc2)cn1. The summed E-state index contributed by atoms with van der Waals surface area (Å²) in [7, 11) is 0. The highest BCUT2D eigenvalue weighted by molar-refractivity contribution is 5.22. The lowest BCUT2D eigenvalue weighted by molar-refractivity contribution is 0.340. The minimum Gasteiger partial charge on any atom is -0.264 e. The molecule has 1 unspecified atom stereocenters. The third kappa shape index (κ3) is 4.12. The summed E-state index contributed by atoms with van der Waals surface area (Å²) in [6.07, 6.45) is 9.69. The zero-order valence-electron chi connectivity index (χ0n) is 14.4. The monoisotopic (exact) mass is 297 g/mol. The Hall–Kier alpha value is -1.77. The van der Waals surface area contributed by atoms with Gasteiger partial charge in [-0.15, -0.1) is 0 Å². The molecule has 22 heavy (non-hydrogen) atoms. The van der Waals surface area contributed by atoms with Crippen molar-refractivity contribution in [3.05, 3.63) is 53.9 Å². The van der Waals surface area contributed by atoms with Crippen LogP contribution in [0.2, 0.25) is 0 Å². The molecule has 0 bridgehead atoms. The third-order valence-corrected chi connectivity index (χ3v) is 4.53. The zero-order chi connectivity index (χ0) is 16.2. The van der Waals surface area contributed by atoms with E-state index in [9.17, 15) is 0 Å². The van der Waals surface area contributed by atoms with Gasteiger partial charge in [0.2, 0.25) is 0 Å². The minimum atomic E-state index is 0.0743. The number of aromatic nitrogens is 3. The molecule has 0 aliphatic rings. The molecule has 0 saturated carbocycles. The van der Waals surface area contributed by atoms with Crippen LogP contribution in [0.25, 0.3) is 0 Å². The van der Waals surface area contributed by atoms with Gasteiger partial charge in [0.15, 0.2) is 0 Å². The average molecular weight is 297 g/mol. The maximum Gasteiger partial charge on any atom is 0.128 e. The smallest absolute Gasteiger partial charge is 0.128 e. The molecule has 0 spiro atoms. The molecule has 0 N–H and O–H groups in total. The van der Waals surface area contributed by atoms with Crippen LogP contribution in [-0.2, 0) is 18.3 Å². The topological polar surface area (TPSA) is 38.7 Å². The fourth-order valence-electron chi connectivity index (χ4n) is 2.59. The maximum atomic E-state index is 4.50. The standard InChI is InChI=1S/C19H27N3/c1-14(2)9-18-21-11-16(12-22-18)10-15(3)19(4,5)17-7-6-8-20-13-17/h6-8,11-15H,9-10H2,1-5H3. The molecule has 1 atom stereocenters. The molecule has 2 aromatic heterocycles. The van der Waals surface area contributed by atoms with E-state index in [1.165, 1.54) is 11.1 Å². The molecule has 3 heteroatoms. The van der Waals surface area contributed by atoms with Crippen molar-refractivity contribution in [3.8, 4) is 0 Å². The number of nitrogens with zero attached hydrogens (tertiary/aromatic N) is 3. The molecule has 0 amide bonds. The molecule has 0 aliphatic heterocycles. The van der Waals surface area contributed by atoms with Gasteiger partial charge in [-0.3, -0.25) is 4.98 Å². The van der Waals surface area contributed by atoms with E-state index in [0.29, 0.717) is 11.8 Å². The molecule has 2 heterocycles. The van der Waals surface area contributed by atoms with Gasteiger partial charge in [-0.25, -0.2) is 9.97 Å². The Morgan fingerprint density at radius 1 is 1.00 bits per heavy atom. The van der Waals surface area contributed by atoms with Gasteiger partial charge in [0.05, 0.1) is 0 Å². The summed E-state index contributed by atoms with van der Waals surface area (Å²) in [6, 6.07) is 4.17. The molecular weight excluding hydrogens is 270 g/mol. The molecule has 0 radical (unpaired) electrons. The number of hydrogen-bond donors (Lipinski definition) is 0. The Labute approximate surface area is 134 Å². The number of pyridine rings is 1. The summed E-state index contributed by atoms with van der Waals surface area (Å²) in [4.78, 5) is 13.3. The van der Waals surface area contributed by atoms with E-state index in [4.69, 9.17) is 0 Å². The fraction of sp³-hybridized carbons (Fsp3) is 0.526. The van der Waals surface area contributed by atoms with E-state index in [1.807, 2.05) is 30.9 Å². The molecule has 2 aromatic rings. The Bertz CT molecular complexity index is 573. The van der Waals surface area contributed by atoms with E-state index in [-0.39, 0.29) is 5.41 Å². The van der Waals surface area contributed by atoms with E-state index in [1.54, 1.807) is 0 Å². The summed E-state index contributed by atoms with van der Waals surface area (Å²) in [6.45, 7) is 11.2. The first-order valence-corrected chi connectivity index (χ1v) is 8.10. The van der Waals surface area contributed by atoms with Crippen molar-refractivity contribution in [1.29, 1.82) is 0 Å². The summed E-state index contributed by atoms with van der Waals surface area (Å²) in [5, 5.41) is 0. The lowest BCUT2D eigenvalue weighted by Gasteiger charge is -2.32. The van der Waals surface area contributed by atoms with Gasteiger partial charge in [0, 0.05) is 31.2 Å². The zero-order valence-corrected chi connectivity index (χ0v) is 14.4. The van der Waals surface area contributed by atoms with Crippen LogP contribution in [0.1, 0.15) is 51.6 Å². The lowest BCUT2D eigenvalue weighted by atomic mass is 9.73. The quantitative estimate of drug-likeness (QED) is 0.801. The second kappa shape index (κ2) is 6.99. The average Bonchev–Trinajstić information content (AvgIpc) is 2.49. The highest BCUT2D eigenvalue weighted by atomic mass is 14.9. The molecule has 2 rings (SSSR count). The number of hydrogen-bond acceptors (Lipinski definition) is 3. The van der Waals surface area contributed by atoms with Crippen LogP contribution in [0.3, 0.4) is 0 Å². The van der Waals surface area contributed by atoms with Crippen molar-refractivity contribution in [2.24, 2.45) is 11.8 Å². The van der Waals surface area contributed by atoms with Crippen LogP contribution < -0.4 is 0 Å². The van der Waals surface area contributed by atoms with Gasteiger partial charge in [-0.05, 0) is 40.9 Å². The van der Waals surface area contributed by atoms with Crippen LogP contribution >= 0.6 is 0 Å². The maximum absolute atomic E-state index is 4.50. The van der Waals surface area contributed by atoms with Crippen LogP contribution in [0.15, 0.2) is 36.9 Å². The highest BCUT2D eigenvalue weighted by Crippen LogP contribution is 2.33. The van der Waals surface area contributed by atoms with Crippen molar-refractivity contribution in [1.82, 2.24) is 15.0 Å². The first-order chi connectivity index (χ1) is 10.4. The summed E-state index contributed by atoms with van der Waals surface area (Å²) in [5.74, 6) is 2.02. The minimum absolute atomic E-state index is 0.0743. The highest BCUT2D eigenvalue weighted by Gasteiger charge is 2.28. The van der Waals surface area contributed by atoms with Gasteiger partial charge in [0.1, 0.15) is 5.82 Å². The molecule has 0 aliphatic carbocycles. The molecule has 118 valence electrons. The van der Waals surface area contributed by atoms with Gasteiger partial charge >= 0.3 is 0 Å². The normalized spacial score (nSPS) is 13.4. The van der Waals surface area contributed by atoms with Gasteiger partial charge in [-0.2, -0.15) is 0 Å². The first kappa shape index (κ1) is 16.6. The molecular formula is C19H27N3. The molecule has 0 saturated heterocycles. The number of rotatable bonds is 6. The predicted octanol–water partition coefficient (Wildman–Crippen LogP) is 4.23. The predicted molar refractivity (Wildman–Crippen MR) is 90.7 cm³/mol. The van der Waals surface area contributed by atoms with Gasteiger partial charge in [-0.1, -0.05) is 40.7 Å².